The van der Waals surface area contributed by atoms with Crippen molar-refractivity contribution < 1.29 is 0 Å². The van der Waals surface area contributed by atoms with Crippen LogP contribution in [-0.4, -0.2) is 9.78 Å². The van der Waals surface area contributed by atoms with Gasteiger partial charge in [-0.25, -0.2) is 4.68 Å². The molecule has 0 amide bonds. The molecule has 0 saturated carbocycles. The molecule has 0 fully saturated rings. The Morgan fingerprint density at radius 2 is 1.75 bits per heavy atom. The van der Waals surface area contributed by atoms with Crippen molar-refractivity contribution in [1.82, 2.24) is 9.78 Å². The first-order valence-corrected chi connectivity index (χ1v) is 5.35. The van der Waals surface area contributed by atoms with E-state index in [2.05, 4.69) is 36.3 Å². The molecule has 1 aromatic carbocycles. The van der Waals surface area contributed by atoms with Gasteiger partial charge in [0.15, 0.2) is 0 Å². The summed E-state index contributed by atoms with van der Waals surface area (Å²) in [5.74, 6) is 0.527. The van der Waals surface area contributed by atoms with E-state index >= 15 is 0 Å². The number of nitrogens with two attached hydrogens (primary N) is 2. The van der Waals surface area contributed by atoms with Gasteiger partial charge in [0.1, 0.15) is 5.82 Å². The highest BCUT2D eigenvalue weighted by atomic mass is 15.3. The van der Waals surface area contributed by atoms with Crippen molar-refractivity contribution in [1.29, 1.82) is 0 Å². The summed E-state index contributed by atoms with van der Waals surface area (Å²) in [5, 5.41) is 4.12. The van der Waals surface area contributed by atoms with E-state index < -0.39 is 0 Å². The number of benzene rings is 1. The maximum Gasteiger partial charge on any atom is 0.145 e. The van der Waals surface area contributed by atoms with Crippen LogP contribution < -0.4 is 11.5 Å². The van der Waals surface area contributed by atoms with Crippen LogP contribution in [0.25, 0.3) is 0 Å². The fourth-order valence-electron chi connectivity index (χ4n) is 1.59. The molecule has 0 radical (unpaired) electrons. The number of anilines is 2. The maximum absolute atomic E-state index is 5.78. The molecule has 0 bridgehead atoms. The van der Waals surface area contributed by atoms with E-state index in [0.29, 0.717) is 18.1 Å². The first kappa shape index (κ1) is 10.5. The van der Waals surface area contributed by atoms with Crippen molar-refractivity contribution in [2.45, 2.75) is 19.9 Å². The lowest BCUT2D eigenvalue weighted by molar-refractivity contribution is 0.697. The minimum atomic E-state index is 0.527. The molecular formula is C12H16N4. The van der Waals surface area contributed by atoms with E-state index in [0.717, 1.165) is 6.42 Å². The van der Waals surface area contributed by atoms with Crippen molar-refractivity contribution in [3.8, 4) is 0 Å². The minimum absolute atomic E-state index is 0.527. The Balaban J connectivity index is 2.17. The summed E-state index contributed by atoms with van der Waals surface area (Å²) in [4.78, 5) is 0. The zero-order valence-corrected chi connectivity index (χ0v) is 9.35. The molecule has 1 heterocycles. The average Bonchev–Trinajstić information content (AvgIpc) is 2.62. The van der Waals surface area contributed by atoms with Crippen LogP contribution in [0.2, 0.25) is 0 Å². The van der Waals surface area contributed by atoms with Gasteiger partial charge in [-0.15, -0.1) is 0 Å². The Labute approximate surface area is 94.9 Å². The van der Waals surface area contributed by atoms with E-state index in [1.165, 1.54) is 11.1 Å². The van der Waals surface area contributed by atoms with Crippen molar-refractivity contribution in [2.75, 3.05) is 11.5 Å². The van der Waals surface area contributed by atoms with Gasteiger partial charge in [0.25, 0.3) is 0 Å². The van der Waals surface area contributed by atoms with Crippen molar-refractivity contribution in [2.24, 2.45) is 0 Å². The Morgan fingerprint density at radius 1 is 1.12 bits per heavy atom. The second kappa shape index (κ2) is 4.26. The molecule has 1 aromatic heterocycles. The zero-order chi connectivity index (χ0) is 11.5. The molecule has 0 spiro atoms. The summed E-state index contributed by atoms with van der Waals surface area (Å²) >= 11 is 0. The standard InChI is InChI=1S/C12H16N4/c1-2-9-3-5-10(6-4-9)8-16-12(14)11(13)7-15-16/h3-7H,2,8,13-14H2,1H3. The third-order valence-electron chi connectivity index (χ3n) is 2.67. The van der Waals surface area contributed by atoms with Crippen molar-refractivity contribution in [3.05, 3.63) is 41.6 Å². The molecule has 16 heavy (non-hydrogen) atoms. The third kappa shape index (κ3) is 2.00. The van der Waals surface area contributed by atoms with Crippen LogP contribution in [-0.2, 0) is 13.0 Å². The number of hydrogen-bond donors (Lipinski definition) is 2. The molecule has 2 aromatic rings. The van der Waals surface area contributed by atoms with Crippen LogP contribution >= 0.6 is 0 Å². The van der Waals surface area contributed by atoms with Gasteiger partial charge in [0.2, 0.25) is 0 Å². The maximum atomic E-state index is 5.78. The molecule has 0 aliphatic rings. The number of nitrogens with zero attached hydrogens (tertiary/aromatic N) is 2. The lowest BCUT2D eigenvalue weighted by Crippen LogP contribution is -2.06. The van der Waals surface area contributed by atoms with Gasteiger partial charge in [0.05, 0.1) is 18.4 Å². The smallest absolute Gasteiger partial charge is 0.145 e. The molecule has 84 valence electrons. The van der Waals surface area contributed by atoms with Crippen LogP contribution in [0, 0.1) is 0 Å². The molecule has 4 heteroatoms. The summed E-state index contributed by atoms with van der Waals surface area (Å²) in [5.41, 5.74) is 14.4. The zero-order valence-electron chi connectivity index (χ0n) is 9.35. The normalized spacial score (nSPS) is 10.6. The Morgan fingerprint density at radius 3 is 2.25 bits per heavy atom. The van der Waals surface area contributed by atoms with Gasteiger partial charge in [-0.05, 0) is 17.5 Å². The van der Waals surface area contributed by atoms with E-state index in [-0.39, 0.29) is 0 Å². The lowest BCUT2D eigenvalue weighted by Gasteiger charge is -2.05. The summed E-state index contributed by atoms with van der Waals surface area (Å²) < 4.78 is 1.70. The average molecular weight is 216 g/mol. The minimum Gasteiger partial charge on any atom is -0.394 e. The van der Waals surface area contributed by atoms with Gasteiger partial charge in [-0.1, -0.05) is 31.2 Å². The summed E-state index contributed by atoms with van der Waals surface area (Å²) in [7, 11) is 0. The van der Waals surface area contributed by atoms with Gasteiger partial charge in [0, 0.05) is 0 Å². The van der Waals surface area contributed by atoms with Crippen molar-refractivity contribution >= 4 is 11.5 Å². The molecule has 4 N–H and O–H groups in total. The van der Waals surface area contributed by atoms with Gasteiger partial charge < -0.3 is 11.5 Å². The monoisotopic (exact) mass is 216 g/mol. The molecule has 0 saturated heterocycles. The lowest BCUT2D eigenvalue weighted by atomic mass is 10.1. The van der Waals surface area contributed by atoms with Crippen molar-refractivity contribution in [3.63, 3.8) is 0 Å². The second-order valence-corrected chi connectivity index (χ2v) is 3.81. The van der Waals surface area contributed by atoms with Crippen LogP contribution in [0.15, 0.2) is 30.5 Å². The predicted molar refractivity (Wildman–Crippen MR) is 66.0 cm³/mol. The SMILES string of the molecule is CCc1ccc(Cn2ncc(N)c2N)cc1. The summed E-state index contributed by atoms with van der Waals surface area (Å²) in [6.07, 6.45) is 2.63. The first-order valence-electron chi connectivity index (χ1n) is 5.35. The highest BCUT2D eigenvalue weighted by Gasteiger charge is 2.04. The first-order chi connectivity index (χ1) is 7.70. The topological polar surface area (TPSA) is 69.9 Å². The number of hydrogen-bond acceptors (Lipinski definition) is 3. The number of nitrogen functional groups attached to an aromatic ring is 2. The molecule has 2 rings (SSSR count). The molecular weight excluding hydrogens is 200 g/mol. The van der Waals surface area contributed by atoms with E-state index in [9.17, 15) is 0 Å². The highest BCUT2D eigenvalue weighted by Crippen LogP contribution is 2.15. The van der Waals surface area contributed by atoms with Crippen LogP contribution in [0.1, 0.15) is 18.1 Å². The number of aromatic nitrogens is 2. The van der Waals surface area contributed by atoms with Crippen LogP contribution in [0.4, 0.5) is 11.5 Å². The quantitative estimate of drug-likeness (QED) is 0.819. The number of rotatable bonds is 3. The summed E-state index contributed by atoms with van der Waals surface area (Å²) in [6, 6.07) is 8.43. The van der Waals surface area contributed by atoms with Gasteiger partial charge in [-0.2, -0.15) is 5.10 Å². The largest absolute Gasteiger partial charge is 0.394 e. The van der Waals surface area contributed by atoms with E-state index in [1.807, 2.05) is 0 Å². The Hall–Kier alpha value is -1.97. The Kier molecular flexibility index (Phi) is 2.81. The van der Waals surface area contributed by atoms with Crippen LogP contribution in [0.3, 0.4) is 0 Å². The summed E-state index contributed by atoms with van der Waals surface area (Å²) in [6.45, 7) is 2.80. The number of aryl methyl sites for hydroxylation is 1. The molecule has 0 atom stereocenters. The third-order valence-corrected chi connectivity index (χ3v) is 2.67. The fraction of sp³-hybridized carbons (Fsp3) is 0.250. The molecule has 0 aliphatic carbocycles. The molecule has 0 aliphatic heterocycles. The van der Waals surface area contributed by atoms with Gasteiger partial charge in [-0.3, -0.25) is 0 Å². The van der Waals surface area contributed by atoms with E-state index in [4.69, 9.17) is 11.5 Å². The highest BCUT2D eigenvalue weighted by molar-refractivity contribution is 5.57. The van der Waals surface area contributed by atoms with Crippen LogP contribution in [0.5, 0.6) is 0 Å². The Bertz CT molecular complexity index is 470. The van der Waals surface area contributed by atoms with E-state index in [1.54, 1.807) is 10.9 Å². The second-order valence-electron chi connectivity index (χ2n) is 3.81. The molecule has 0 unspecified atom stereocenters. The predicted octanol–water partition coefficient (Wildman–Crippen LogP) is 1.66. The van der Waals surface area contributed by atoms with Gasteiger partial charge >= 0.3 is 0 Å². The fourth-order valence-corrected chi connectivity index (χ4v) is 1.59. The molecule has 4 nitrogen and oxygen atoms in total.